The smallest absolute Gasteiger partial charge is 0.251 e. The molecule has 1 unspecified atom stereocenters. The SMILES string of the molecule is C#CCNS(=O)(=O)c1ccc(C(=O)NCC(c2ccc(OC)cc2)c2c[nH]c3ccccc23)cc1. The van der Waals surface area contributed by atoms with E-state index in [1.807, 2.05) is 54.7 Å². The topological polar surface area (TPSA) is 100 Å². The third-order valence-electron chi connectivity index (χ3n) is 5.77. The summed E-state index contributed by atoms with van der Waals surface area (Å²) < 4.78 is 32.0. The maximum absolute atomic E-state index is 12.9. The lowest BCUT2D eigenvalue weighted by Crippen LogP contribution is -2.29. The first-order valence-electron chi connectivity index (χ1n) is 10.9. The molecule has 0 bridgehead atoms. The van der Waals surface area contributed by atoms with E-state index in [2.05, 4.69) is 20.9 Å². The summed E-state index contributed by atoms with van der Waals surface area (Å²) in [6, 6.07) is 21.5. The quantitative estimate of drug-likeness (QED) is 0.314. The standard InChI is InChI=1S/C27H25N3O4S/c1-3-16-30-35(32,33)22-14-10-20(11-15-22)27(31)29-17-24(19-8-12-21(34-2)13-9-19)25-18-28-26-7-5-4-6-23(25)26/h1,4-15,18,24,28,30H,16-17H2,2H3,(H,29,31). The minimum atomic E-state index is -3.72. The molecule has 1 atom stereocenters. The van der Waals surface area contributed by atoms with Crippen LogP contribution in [0.25, 0.3) is 10.9 Å². The van der Waals surface area contributed by atoms with Crippen LogP contribution in [-0.4, -0.2) is 39.5 Å². The number of terminal acetylenes is 1. The predicted molar refractivity (Wildman–Crippen MR) is 136 cm³/mol. The Morgan fingerprint density at radius 3 is 2.46 bits per heavy atom. The fourth-order valence-electron chi connectivity index (χ4n) is 3.93. The monoisotopic (exact) mass is 487 g/mol. The zero-order valence-electron chi connectivity index (χ0n) is 19.1. The molecule has 0 aliphatic carbocycles. The lowest BCUT2D eigenvalue weighted by molar-refractivity contribution is 0.0952. The first kappa shape index (κ1) is 24.1. The lowest BCUT2D eigenvalue weighted by Gasteiger charge is -2.19. The summed E-state index contributed by atoms with van der Waals surface area (Å²) in [6.07, 6.45) is 7.09. The molecule has 0 saturated carbocycles. The van der Waals surface area contributed by atoms with Gasteiger partial charge in [-0.05, 0) is 53.6 Å². The van der Waals surface area contributed by atoms with Crippen molar-refractivity contribution in [2.75, 3.05) is 20.2 Å². The van der Waals surface area contributed by atoms with Gasteiger partial charge in [-0.25, -0.2) is 8.42 Å². The van der Waals surface area contributed by atoms with Crippen LogP contribution in [0.2, 0.25) is 0 Å². The Bertz CT molecular complexity index is 1470. The number of aromatic amines is 1. The van der Waals surface area contributed by atoms with Gasteiger partial charge in [0.2, 0.25) is 10.0 Å². The van der Waals surface area contributed by atoms with Crippen LogP contribution in [0.3, 0.4) is 0 Å². The molecule has 1 aromatic heterocycles. The number of methoxy groups -OCH3 is 1. The number of aromatic nitrogens is 1. The molecular formula is C27H25N3O4S. The van der Waals surface area contributed by atoms with Crippen LogP contribution in [0.4, 0.5) is 0 Å². The van der Waals surface area contributed by atoms with Crippen molar-refractivity contribution in [1.29, 1.82) is 0 Å². The summed E-state index contributed by atoms with van der Waals surface area (Å²) in [5, 5.41) is 4.08. The third-order valence-corrected chi connectivity index (χ3v) is 7.19. The van der Waals surface area contributed by atoms with E-state index in [4.69, 9.17) is 11.2 Å². The zero-order chi connectivity index (χ0) is 24.8. The lowest BCUT2D eigenvalue weighted by atomic mass is 9.90. The average Bonchev–Trinajstić information content (AvgIpc) is 3.32. The highest BCUT2D eigenvalue weighted by atomic mass is 32.2. The summed E-state index contributed by atoms with van der Waals surface area (Å²) >= 11 is 0. The van der Waals surface area contributed by atoms with E-state index in [9.17, 15) is 13.2 Å². The molecule has 0 fully saturated rings. The summed E-state index contributed by atoms with van der Waals surface area (Å²) in [5.74, 6) is 2.56. The number of carbonyl (C=O) groups is 1. The van der Waals surface area contributed by atoms with Crippen molar-refractivity contribution in [2.45, 2.75) is 10.8 Å². The molecule has 1 heterocycles. The number of hydrogen-bond donors (Lipinski definition) is 3. The first-order chi connectivity index (χ1) is 16.9. The molecule has 0 spiro atoms. The summed E-state index contributed by atoms with van der Waals surface area (Å²) in [4.78, 5) is 16.3. The highest BCUT2D eigenvalue weighted by Crippen LogP contribution is 2.31. The Labute approximate surface area is 204 Å². The maximum Gasteiger partial charge on any atom is 0.251 e. The maximum atomic E-state index is 12.9. The second-order valence-corrected chi connectivity index (χ2v) is 9.65. The Morgan fingerprint density at radius 2 is 1.77 bits per heavy atom. The molecule has 3 N–H and O–H groups in total. The van der Waals surface area contributed by atoms with E-state index in [-0.39, 0.29) is 23.3 Å². The molecule has 0 radical (unpaired) electrons. The van der Waals surface area contributed by atoms with Gasteiger partial charge in [-0.15, -0.1) is 6.42 Å². The van der Waals surface area contributed by atoms with Gasteiger partial charge in [0, 0.05) is 35.1 Å². The normalized spacial score (nSPS) is 12.1. The van der Waals surface area contributed by atoms with Gasteiger partial charge in [0.05, 0.1) is 18.6 Å². The van der Waals surface area contributed by atoms with Crippen molar-refractivity contribution in [1.82, 2.24) is 15.0 Å². The minimum absolute atomic E-state index is 0.0409. The molecule has 1 amide bonds. The van der Waals surface area contributed by atoms with E-state index in [1.54, 1.807) is 7.11 Å². The Balaban J connectivity index is 1.56. The molecule has 35 heavy (non-hydrogen) atoms. The third kappa shape index (κ3) is 5.38. The Morgan fingerprint density at radius 1 is 1.06 bits per heavy atom. The van der Waals surface area contributed by atoms with Gasteiger partial charge in [-0.3, -0.25) is 4.79 Å². The highest BCUT2D eigenvalue weighted by molar-refractivity contribution is 7.89. The minimum Gasteiger partial charge on any atom is -0.497 e. The summed E-state index contributed by atoms with van der Waals surface area (Å²) in [6.45, 7) is 0.238. The molecule has 4 aromatic rings. The summed E-state index contributed by atoms with van der Waals surface area (Å²) in [5.41, 5.74) is 3.46. The molecule has 0 aliphatic heterocycles. The number of ether oxygens (including phenoxy) is 1. The van der Waals surface area contributed by atoms with Gasteiger partial charge < -0.3 is 15.0 Å². The van der Waals surface area contributed by atoms with Crippen LogP contribution < -0.4 is 14.8 Å². The van der Waals surface area contributed by atoms with E-state index >= 15 is 0 Å². The van der Waals surface area contributed by atoms with Crippen LogP contribution in [0, 0.1) is 12.3 Å². The largest absolute Gasteiger partial charge is 0.497 e. The highest BCUT2D eigenvalue weighted by Gasteiger charge is 2.20. The van der Waals surface area contributed by atoms with Crippen LogP contribution >= 0.6 is 0 Å². The van der Waals surface area contributed by atoms with Crippen molar-refractivity contribution in [2.24, 2.45) is 0 Å². The van der Waals surface area contributed by atoms with E-state index in [0.29, 0.717) is 12.1 Å². The number of rotatable bonds is 9. The van der Waals surface area contributed by atoms with Gasteiger partial charge in [-0.2, -0.15) is 4.72 Å². The molecule has 178 valence electrons. The van der Waals surface area contributed by atoms with Gasteiger partial charge in [-0.1, -0.05) is 36.3 Å². The Kier molecular flexibility index (Phi) is 7.20. The van der Waals surface area contributed by atoms with E-state index in [1.165, 1.54) is 24.3 Å². The van der Waals surface area contributed by atoms with Crippen molar-refractivity contribution in [3.05, 3.63) is 95.7 Å². The van der Waals surface area contributed by atoms with Gasteiger partial charge in [0.25, 0.3) is 5.91 Å². The fraction of sp³-hybridized carbons (Fsp3) is 0.148. The number of nitrogens with one attached hydrogen (secondary N) is 3. The molecule has 8 heteroatoms. The van der Waals surface area contributed by atoms with Gasteiger partial charge in [0.1, 0.15) is 5.75 Å². The van der Waals surface area contributed by atoms with Crippen LogP contribution in [-0.2, 0) is 10.0 Å². The van der Waals surface area contributed by atoms with Crippen LogP contribution in [0.1, 0.15) is 27.4 Å². The van der Waals surface area contributed by atoms with Crippen molar-refractivity contribution >= 4 is 26.8 Å². The second kappa shape index (κ2) is 10.5. The number of fused-ring (bicyclic) bond motifs is 1. The number of H-pyrrole nitrogens is 1. The van der Waals surface area contributed by atoms with Crippen LogP contribution in [0.15, 0.2) is 83.9 Å². The number of para-hydroxylation sites is 1. The number of amides is 1. The summed E-state index contributed by atoms with van der Waals surface area (Å²) in [7, 11) is -2.10. The molecule has 0 saturated heterocycles. The van der Waals surface area contributed by atoms with Crippen molar-refractivity contribution in [3.63, 3.8) is 0 Å². The molecular weight excluding hydrogens is 462 g/mol. The first-order valence-corrected chi connectivity index (χ1v) is 12.4. The molecule has 3 aromatic carbocycles. The molecule has 4 rings (SSSR count). The molecule has 0 aliphatic rings. The number of carbonyl (C=O) groups excluding carboxylic acids is 1. The number of hydrogen-bond acceptors (Lipinski definition) is 4. The fourth-order valence-corrected chi connectivity index (χ4v) is 4.86. The van der Waals surface area contributed by atoms with E-state index in [0.717, 1.165) is 27.8 Å². The zero-order valence-corrected chi connectivity index (χ0v) is 19.9. The Hall–Kier alpha value is -4.06. The number of benzene rings is 3. The predicted octanol–water partition coefficient (Wildman–Crippen LogP) is 3.65. The van der Waals surface area contributed by atoms with Crippen molar-refractivity contribution < 1.29 is 17.9 Å². The average molecular weight is 488 g/mol. The molecule has 7 nitrogen and oxygen atoms in total. The number of sulfonamides is 1. The van der Waals surface area contributed by atoms with Crippen molar-refractivity contribution in [3.8, 4) is 18.1 Å². The van der Waals surface area contributed by atoms with E-state index < -0.39 is 10.0 Å². The van der Waals surface area contributed by atoms with Gasteiger partial charge >= 0.3 is 0 Å². The second-order valence-electron chi connectivity index (χ2n) is 7.88. The van der Waals surface area contributed by atoms with Gasteiger partial charge in [0.15, 0.2) is 0 Å². The van der Waals surface area contributed by atoms with Crippen LogP contribution in [0.5, 0.6) is 5.75 Å².